The van der Waals surface area contributed by atoms with E-state index >= 15 is 0 Å². The van der Waals surface area contributed by atoms with E-state index < -0.39 is 20.7 Å². The van der Waals surface area contributed by atoms with Gasteiger partial charge >= 0.3 is 0 Å². The fraction of sp³-hybridized carbons (Fsp3) is 0.500. The van der Waals surface area contributed by atoms with Crippen LogP contribution >= 0.6 is 22.9 Å². The molecule has 29 heavy (non-hydrogen) atoms. The summed E-state index contributed by atoms with van der Waals surface area (Å²) < 4.78 is 55.1. The molecule has 2 saturated heterocycles. The summed E-state index contributed by atoms with van der Waals surface area (Å²) in [7, 11) is -4.15. The van der Waals surface area contributed by atoms with Crippen LogP contribution in [0.4, 0.5) is 19.6 Å². The molecule has 2 fully saturated rings. The van der Waals surface area contributed by atoms with Gasteiger partial charge in [0.25, 0.3) is 10.0 Å². The van der Waals surface area contributed by atoms with Gasteiger partial charge in [-0.05, 0) is 44.4 Å². The molecule has 2 atom stereocenters. The molecule has 2 aliphatic rings. The van der Waals surface area contributed by atoms with Crippen molar-refractivity contribution >= 4 is 43.8 Å². The number of fused-ring (bicyclic) bond motifs is 1. The largest absolute Gasteiger partial charge is 0.382 e. The van der Waals surface area contributed by atoms with Crippen LogP contribution in [0, 0.1) is 5.82 Å². The fourth-order valence-corrected chi connectivity index (χ4v) is 6.57. The van der Waals surface area contributed by atoms with Crippen molar-refractivity contribution in [1.29, 1.82) is 0 Å². The lowest BCUT2D eigenvalue weighted by Crippen LogP contribution is -2.47. The maximum atomic E-state index is 14.6. The number of nitrogens with zero attached hydrogens (tertiary/aromatic N) is 2. The molecular formula is C18H21ClF2N4O2S2. The van der Waals surface area contributed by atoms with E-state index in [-0.39, 0.29) is 28.4 Å². The summed E-state index contributed by atoms with van der Waals surface area (Å²) in [6, 6.07) is 2.13. The van der Waals surface area contributed by atoms with Gasteiger partial charge in [0.15, 0.2) is 5.13 Å². The van der Waals surface area contributed by atoms with E-state index in [9.17, 15) is 17.2 Å². The monoisotopic (exact) mass is 462 g/mol. The number of nitrogens with one attached hydrogen (secondary N) is 2. The number of sulfonamides is 1. The van der Waals surface area contributed by atoms with E-state index in [2.05, 4.69) is 19.9 Å². The minimum atomic E-state index is -4.15. The topological polar surface area (TPSA) is 74.3 Å². The molecule has 3 heterocycles. The zero-order valence-electron chi connectivity index (χ0n) is 15.5. The Morgan fingerprint density at radius 3 is 2.93 bits per heavy atom. The number of hydrogen-bond acceptors (Lipinski definition) is 6. The summed E-state index contributed by atoms with van der Waals surface area (Å²) in [5.41, 5.74) is 0.163. The zero-order valence-corrected chi connectivity index (χ0v) is 17.9. The maximum absolute atomic E-state index is 14.6. The van der Waals surface area contributed by atoms with Gasteiger partial charge in [-0.2, -0.15) is 0 Å². The van der Waals surface area contributed by atoms with Crippen molar-refractivity contribution in [2.75, 3.05) is 29.8 Å². The molecule has 0 saturated carbocycles. The van der Waals surface area contributed by atoms with E-state index in [1.807, 2.05) is 0 Å². The molecule has 0 spiro atoms. The molecule has 2 N–H and O–H groups in total. The van der Waals surface area contributed by atoms with Crippen LogP contribution in [0.3, 0.4) is 0 Å². The third-order valence-electron chi connectivity index (χ3n) is 5.79. The van der Waals surface area contributed by atoms with Crippen molar-refractivity contribution in [2.24, 2.45) is 0 Å². The van der Waals surface area contributed by atoms with E-state index in [0.717, 1.165) is 55.7 Å². The Balaban J connectivity index is 1.52. The second-order valence-electron chi connectivity index (χ2n) is 7.43. The van der Waals surface area contributed by atoms with Crippen molar-refractivity contribution in [1.82, 2.24) is 9.88 Å². The van der Waals surface area contributed by atoms with Crippen LogP contribution in [0.5, 0.6) is 0 Å². The standard InChI is InChI=1S/C18H21ClF2N4O2S2/c19-13-8-16(29(26,27)24-17-22-5-7-28-17)14(21)9-15(13)23-11-18-3-1-6-25(18)12(10-20)2-4-18/h5,7-9,12,23H,1-4,6,10-11H2,(H,22,24)/t12-,18-/m1/s1. The summed E-state index contributed by atoms with van der Waals surface area (Å²) in [4.78, 5) is 5.51. The number of halogens is 3. The molecule has 0 unspecified atom stereocenters. The van der Waals surface area contributed by atoms with Crippen LogP contribution in [0.1, 0.15) is 25.7 Å². The Kier molecular flexibility index (Phi) is 5.71. The number of aromatic nitrogens is 1. The van der Waals surface area contributed by atoms with Crippen molar-refractivity contribution < 1.29 is 17.2 Å². The quantitative estimate of drug-likeness (QED) is 0.647. The van der Waals surface area contributed by atoms with Gasteiger partial charge in [0.1, 0.15) is 17.4 Å². The van der Waals surface area contributed by atoms with Crippen LogP contribution < -0.4 is 10.0 Å². The second-order valence-corrected chi connectivity index (χ2v) is 10.4. The Bertz CT molecular complexity index is 990. The summed E-state index contributed by atoms with van der Waals surface area (Å²) in [5, 5.41) is 5.02. The fourth-order valence-electron chi connectivity index (χ4n) is 4.40. The summed E-state index contributed by atoms with van der Waals surface area (Å²) in [5.74, 6) is -0.908. The number of thiazole rings is 1. The predicted molar refractivity (Wildman–Crippen MR) is 110 cm³/mol. The van der Waals surface area contributed by atoms with Gasteiger partial charge in [0, 0.05) is 29.7 Å². The molecule has 2 aromatic rings. The first-order valence-corrected chi connectivity index (χ1v) is 12.1. The lowest BCUT2D eigenvalue weighted by Gasteiger charge is -2.35. The minimum absolute atomic E-state index is 0.0593. The first kappa shape index (κ1) is 20.8. The SMILES string of the molecule is O=S(=O)(Nc1nccs1)c1cc(Cl)c(NC[C@]23CCCN2[C@@H](CF)CC3)cc1F. The van der Waals surface area contributed by atoms with Crippen LogP contribution in [0.15, 0.2) is 28.6 Å². The van der Waals surface area contributed by atoms with E-state index in [1.54, 1.807) is 5.38 Å². The highest BCUT2D eigenvalue weighted by Gasteiger charge is 2.48. The van der Waals surface area contributed by atoms with Gasteiger partial charge in [0.2, 0.25) is 0 Å². The smallest absolute Gasteiger partial charge is 0.266 e. The van der Waals surface area contributed by atoms with Gasteiger partial charge in [-0.1, -0.05) is 11.6 Å². The molecule has 2 aliphatic heterocycles. The van der Waals surface area contributed by atoms with Crippen LogP contribution in [0.2, 0.25) is 5.02 Å². The third-order valence-corrected chi connectivity index (χ3v) is 8.27. The predicted octanol–water partition coefficient (Wildman–Crippen LogP) is 4.11. The lowest BCUT2D eigenvalue weighted by atomic mass is 9.94. The number of alkyl halides is 1. The van der Waals surface area contributed by atoms with Crippen LogP contribution in [-0.2, 0) is 10.0 Å². The number of anilines is 2. The average Bonchev–Trinajstić information content (AvgIpc) is 3.38. The Morgan fingerprint density at radius 2 is 2.21 bits per heavy atom. The van der Waals surface area contributed by atoms with Crippen molar-refractivity contribution in [2.45, 2.75) is 42.2 Å². The van der Waals surface area contributed by atoms with Crippen molar-refractivity contribution in [3.63, 3.8) is 0 Å². The molecule has 1 aromatic carbocycles. The highest BCUT2D eigenvalue weighted by Crippen LogP contribution is 2.43. The summed E-state index contributed by atoms with van der Waals surface area (Å²) >= 11 is 7.35. The first-order valence-electron chi connectivity index (χ1n) is 9.33. The molecular weight excluding hydrogens is 442 g/mol. The third kappa shape index (κ3) is 3.95. The van der Waals surface area contributed by atoms with Gasteiger partial charge in [0.05, 0.1) is 10.7 Å². The first-order chi connectivity index (χ1) is 13.8. The maximum Gasteiger partial charge on any atom is 0.266 e. The Labute approximate surface area is 177 Å². The lowest BCUT2D eigenvalue weighted by molar-refractivity contribution is 0.142. The van der Waals surface area contributed by atoms with Gasteiger partial charge in [-0.3, -0.25) is 9.62 Å². The van der Waals surface area contributed by atoms with Gasteiger partial charge < -0.3 is 5.32 Å². The van der Waals surface area contributed by atoms with E-state index in [0.29, 0.717) is 12.2 Å². The molecule has 0 radical (unpaired) electrons. The molecule has 158 valence electrons. The number of benzene rings is 1. The Morgan fingerprint density at radius 1 is 1.38 bits per heavy atom. The summed E-state index contributed by atoms with van der Waals surface area (Å²) in [6.07, 6.45) is 5.07. The van der Waals surface area contributed by atoms with Crippen molar-refractivity contribution in [3.05, 3.63) is 34.5 Å². The van der Waals surface area contributed by atoms with Gasteiger partial charge in [-0.15, -0.1) is 11.3 Å². The average molecular weight is 463 g/mol. The highest BCUT2D eigenvalue weighted by atomic mass is 35.5. The number of hydrogen-bond donors (Lipinski definition) is 2. The molecule has 0 aliphatic carbocycles. The molecule has 0 bridgehead atoms. The second kappa shape index (κ2) is 7.98. The molecule has 11 heteroatoms. The highest BCUT2D eigenvalue weighted by molar-refractivity contribution is 7.93. The molecule has 6 nitrogen and oxygen atoms in total. The van der Waals surface area contributed by atoms with Gasteiger partial charge in [-0.25, -0.2) is 22.2 Å². The number of rotatable bonds is 7. The minimum Gasteiger partial charge on any atom is -0.382 e. The van der Waals surface area contributed by atoms with E-state index in [1.165, 1.54) is 6.20 Å². The van der Waals surface area contributed by atoms with E-state index in [4.69, 9.17) is 11.6 Å². The summed E-state index contributed by atoms with van der Waals surface area (Å²) in [6.45, 7) is 1.000. The molecule has 4 rings (SSSR count). The van der Waals surface area contributed by atoms with Crippen LogP contribution in [0.25, 0.3) is 0 Å². The van der Waals surface area contributed by atoms with Crippen molar-refractivity contribution in [3.8, 4) is 0 Å². The molecule has 0 amide bonds. The molecule has 1 aromatic heterocycles. The zero-order chi connectivity index (χ0) is 20.6. The van der Waals surface area contributed by atoms with Crippen LogP contribution in [-0.4, -0.2) is 49.6 Å². The Hall–Kier alpha value is -1.49. The normalized spacial score (nSPS) is 24.6.